The molecule has 0 saturated carbocycles. The molecule has 0 aliphatic heterocycles. The smallest absolute Gasteiger partial charge is 0.158 e. The van der Waals surface area contributed by atoms with Crippen LogP contribution >= 0.6 is 11.6 Å². The zero-order chi connectivity index (χ0) is 11.0. The maximum Gasteiger partial charge on any atom is 0.158 e. The third-order valence-electron chi connectivity index (χ3n) is 2.43. The van der Waals surface area contributed by atoms with Gasteiger partial charge in [0.15, 0.2) is 5.15 Å². The Morgan fingerprint density at radius 3 is 2.93 bits per heavy atom. The summed E-state index contributed by atoms with van der Waals surface area (Å²) in [6.45, 7) is 2.00. The minimum atomic E-state index is 0.172. The molecule has 0 amide bonds. The molecular formula is C11H14ClN3. The molecule has 15 heavy (non-hydrogen) atoms. The van der Waals surface area contributed by atoms with Crippen LogP contribution in [-0.2, 0) is 13.5 Å². The van der Waals surface area contributed by atoms with Crippen LogP contribution in [0.15, 0.2) is 18.2 Å². The molecule has 1 aromatic heterocycles. The SMILES string of the molecule is CC(N)Cc1ccc2c(Cl)nn(C)c2c1. The predicted molar refractivity (Wildman–Crippen MR) is 63.1 cm³/mol. The van der Waals surface area contributed by atoms with Crippen LogP contribution in [0.5, 0.6) is 0 Å². The third-order valence-corrected chi connectivity index (χ3v) is 2.71. The molecule has 0 saturated heterocycles. The van der Waals surface area contributed by atoms with Crippen LogP contribution in [0.4, 0.5) is 0 Å². The summed E-state index contributed by atoms with van der Waals surface area (Å²) in [5, 5.41) is 5.71. The molecule has 1 atom stereocenters. The van der Waals surface area contributed by atoms with Crippen molar-refractivity contribution in [2.45, 2.75) is 19.4 Å². The van der Waals surface area contributed by atoms with Gasteiger partial charge in [0.05, 0.1) is 5.52 Å². The topological polar surface area (TPSA) is 43.8 Å². The Morgan fingerprint density at radius 1 is 1.53 bits per heavy atom. The second-order valence-electron chi connectivity index (χ2n) is 3.95. The zero-order valence-electron chi connectivity index (χ0n) is 8.87. The van der Waals surface area contributed by atoms with Crippen LogP contribution in [-0.4, -0.2) is 15.8 Å². The van der Waals surface area contributed by atoms with Gasteiger partial charge in [0.2, 0.25) is 0 Å². The highest BCUT2D eigenvalue weighted by Crippen LogP contribution is 2.23. The molecule has 2 aromatic rings. The fourth-order valence-corrected chi connectivity index (χ4v) is 2.03. The second-order valence-corrected chi connectivity index (χ2v) is 4.31. The van der Waals surface area contributed by atoms with E-state index in [2.05, 4.69) is 17.2 Å². The zero-order valence-corrected chi connectivity index (χ0v) is 9.62. The molecule has 80 valence electrons. The van der Waals surface area contributed by atoms with E-state index in [1.807, 2.05) is 20.0 Å². The number of nitrogens with two attached hydrogens (primary N) is 1. The van der Waals surface area contributed by atoms with E-state index < -0.39 is 0 Å². The number of benzene rings is 1. The van der Waals surface area contributed by atoms with Crippen molar-refractivity contribution < 1.29 is 0 Å². The van der Waals surface area contributed by atoms with Gasteiger partial charge in [0.25, 0.3) is 0 Å². The van der Waals surface area contributed by atoms with E-state index in [9.17, 15) is 0 Å². The number of hydrogen-bond donors (Lipinski definition) is 1. The van der Waals surface area contributed by atoms with Gasteiger partial charge in [-0.2, -0.15) is 5.10 Å². The second kappa shape index (κ2) is 3.83. The first kappa shape index (κ1) is 10.5. The minimum Gasteiger partial charge on any atom is -0.328 e. The molecule has 4 heteroatoms. The Hall–Kier alpha value is -1.06. The molecule has 2 N–H and O–H groups in total. The standard InChI is InChI=1S/C11H14ClN3/c1-7(13)5-8-3-4-9-10(6-8)15(2)14-11(9)12/h3-4,6-7H,5,13H2,1-2H3. The average molecular weight is 224 g/mol. The molecule has 0 aliphatic carbocycles. The lowest BCUT2D eigenvalue weighted by Gasteiger charge is -2.05. The molecular weight excluding hydrogens is 210 g/mol. The lowest BCUT2D eigenvalue weighted by Crippen LogP contribution is -2.17. The molecule has 2 rings (SSSR count). The van der Waals surface area contributed by atoms with Gasteiger partial charge in [0, 0.05) is 18.5 Å². The van der Waals surface area contributed by atoms with Crippen LogP contribution in [0, 0.1) is 0 Å². The van der Waals surface area contributed by atoms with Crippen molar-refractivity contribution in [2.75, 3.05) is 0 Å². The number of halogens is 1. The van der Waals surface area contributed by atoms with E-state index in [0.29, 0.717) is 5.15 Å². The van der Waals surface area contributed by atoms with Gasteiger partial charge >= 0.3 is 0 Å². The Morgan fingerprint density at radius 2 is 2.27 bits per heavy atom. The summed E-state index contributed by atoms with van der Waals surface area (Å²) in [5.74, 6) is 0. The Labute approximate surface area is 93.8 Å². The van der Waals surface area contributed by atoms with Gasteiger partial charge in [-0.25, -0.2) is 0 Å². The number of hydrogen-bond acceptors (Lipinski definition) is 2. The Bertz CT molecular complexity index is 488. The van der Waals surface area contributed by atoms with Gasteiger partial charge in [0.1, 0.15) is 0 Å². The van der Waals surface area contributed by atoms with E-state index in [0.717, 1.165) is 17.3 Å². The van der Waals surface area contributed by atoms with Crippen LogP contribution in [0.3, 0.4) is 0 Å². The summed E-state index contributed by atoms with van der Waals surface area (Å²) in [6.07, 6.45) is 0.874. The normalized spacial score (nSPS) is 13.3. The molecule has 0 bridgehead atoms. The van der Waals surface area contributed by atoms with Crippen molar-refractivity contribution >= 4 is 22.5 Å². The molecule has 0 fully saturated rings. The number of rotatable bonds is 2. The maximum absolute atomic E-state index is 5.98. The van der Waals surface area contributed by atoms with Crippen molar-refractivity contribution in [3.05, 3.63) is 28.9 Å². The largest absolute Gasteiger partial charge is 0.328 e. The monoisotopic (exact) mass is 223 g/mol. The average Bonchev–Trinajstić information content (AvgIpc) is 2.41. The van der Waals surface area contributed by atoms with E-state index in [-0.39, 0.29) is 6.04 Å². The molecule has 0 aliphatic rings. The van der Waals surface area contributed by atoms with Gasteiger partial charge in [-0.05, 0) is 31.0 Å². The third kappa shape index (κ3) is 1.98. The molecule has 3 nitrogen and oxygen atoms in total. The predicted octanol–water partition coefficient (Wildman–Crippen LogP) is 2.12. The molecule has 0 spiro atoms. The van der Waals surface area contributed by atoms with E-state index >= 15 is 0 Å². The van der Waals surface area contributed by atoms with Crippen molar-refractivity contribution in [1.29, 1.82) is 0 Å². The van der Waals surface area contributed by atoms with Crippen LogP contribution < -0.4 is 5.73 Å². The highest BCUT2D eigenvalue weighted by atomic mass is 35.5. The molecule has 1 aromatic carbocycles. The number of nitrogens with zero attached hydrogens (tertiary/aromatic N) is 2. The Balaban J connectivity index is 2.50. The quantitative estimate of drug-likeness (QED) is 0.848. The number of aryl methyl sites for hydroxylation is 1. The highest BCUT2D eigenvalue weighted by molar-refractivity contribution is 6.34. The maximum atomic E-state index is 5.98. The lowest BCUT2D eigenvalue weighted by atomic mass is 10.1. The van der Waals surface area contributed by atoms with E-state index in [4.69, 9.17) is 17.3 Å². The van der Waals surface area contributed by atoms with Gasteiger partial charge in [-0.3, -0.25) is 4.68 Å². The highest BCUT2D eigenvalue weighted by Gasteiger charge is 2.07. The van der Waals surface area contributed by atoms with Crippen molar-refractivity contribution in [1.82, 2.24) is 9.78 Å². The first-order chi connectivity index (χ1) is 7.08. The van der Waals surface area contributed by atoms with Crippen LogP contribution in [0.25, 0.3) is 10.9 Å². The summed E-state index contributed by atoms with van der Waals surface area (Å²) in [6, 6.07) is 6.32. The molecule has 0 radical (unpaired) electrons. The van der Waals surface area contributed by atoms with Crippen LogP contribution in [0.2, 0.25) is 5.15 Å². The van der Waals surface area contributed by atoms with E-state index in [1.54, 1.807) is 4.68 Å². The van der Waals surface area contributed by atoms with Gasteiger partial charge in [-0.15, -0.1) is 0 Å². The lowest BCUT2D eigenvalue weighted by molar-refractivity contribution is 0.737. The van der Waals surface area contributed by atoms with Crippen molar-refractivity contribution in [2.24, 2.45) is 12.8 Å². The summed E-state index contributed by atoms with van der Waals surface area (Å²) in [4.78, 5) is 0. The first-order valence-electron chi connectivity index (χ1n) is 4.94. The van der Waals surface area contributed by atoms with Gasteiger partial charge in [-0.1, -0.05) is 17.7 Å². The Kier molecular flexibility index (Phi) is 2.67. The van der Waals surface area contributed by atoms with Gasteiger partial charge < -0.3 is 5.73 Å². The fraction of sp³-hybridized carbons (Fsp3) is 0.364. The summed E-state index contributed by atoms with van der Waals surface area (Å²) < 4.78 is 1.79. The molecule has 1 unspecified atom stereocenters. The van der Waals surface area contributed by atoms with Crippen molar-refractivity contribution in [3.63, 3.8) is 0 Å². The number of fused-ring (bicyclic) bond motifs is 1. The fourth-order valence-electron chi connectivity index (χ4n) is 1.76. The molecule has 1 heterocycles. The van der Waals surface area contributed by atoms with Crippen LogP contribution in [0.1, 0.15) is 12.5 Å². The number of aromatic nitrogens is 2. The summed E-state index contributed by atoms with van der Waals surface area (Å²) >= 11 is 5.98. The first-order valence-corrected chi connectivity index (χ1v) is 5.32. The summed E-state index contributed by atoms with van der Waals surface area (Å²) in [7, 11) is 1.89. The van der Waals surface area contributed by atoms with Crippen molar-refractivity contribution in [3.8, 4) is 0 Å². The van der Waals surface area contributed by atoms with E-state index in [1.165, 1.54) is 5.56 Å². The summed E-state index contributed by atoms with van der Waals surface area (Å²) in [5.41, 5.74) is 8.04. The minimum absolute atomic E-state index is 0.172.